The van der Waals surface area contributed by atoms with Crippen LogP contribution in [0.1, 0.15) is 5.89 Å². The fourth-order valence-electron chi connectivity index (χ4n) is 1.76. The Labute approximate surface area is 141 Å². The van der Waals surface area contributed by atoms with E-state index in [-0.39, 0.29) is 19.1 Å². The zero-order valence-corrected chi connectivity index (χ0v) is 13.4. The van der Waals surface area contributed by atoms with Crippen LogP contribution in [0.5, 0.6) is 5.75 Å². The van der Waals surface area contributed by atoms with Crippen LogP contribution in [0.4, 0.5) is 0 Å². The molecule has 0 saturated heterocycles. The van der Waals surface area contributed by atoms with Crippen LogP contribution >= 0.6 is 22.9 Å². The lowest BCUT2D eigenvalue weighted by molar-refractivity contribution is -0.123. The normalized spacial score (nSPS) is 10.5. The summed E-state index contributed by atoms with van der Waals surface area (Å²) in [5.41, 5.74) is 0. The van der Waals surface area contributed by atoms with Crippen LogP contribution in [0.2, 0.25) is 5.02 Å². The highest BCUT2D eigenvalue weighted by molar-refractivity contribution is 7.13. The lowest BCUT2D eigenvalue weighted by atomic mass is 10.3. The van der Waals surface area contributed by atoms with Crippen molar-refractivity contribution in [2.45, 2.75) is 6.54 Å². The average Bonchev–Trinajstić information content (AvgIpc) is 3.23. The van der Waals surface area contributed by atoms with E-state index in [0.29, 0.717) is 22.5 Å². The molecule has 0 aliphatic heterocycles. The maximum atomic E-state index is 11.8. The van der Waals surface area contributed by atoms with Gasteiger partial charge in [-0.25, -0.2) is 0 Å². The van der Waals surface area contributed by atoms with Gasteiger partial charge in [0.2, 0.25) is 11.7 Å². The number of carbonyl (C=O) groups is 1. The van der Waals surface area contributed by atoms with Crippen molar-refractivity contribution in [3.05, 3.63) is 52.7 Å². The van der Waals surface area contributed by atoms with Gasteiger partial charge >= 0.3 is 0 Å². The van der Waals surface area contributed by atoms with Crippen molar-refractivity contribution < 1.29 is 14.1 Å². The number of carbonyl (C=O) groups excluding carboxylic acids is 1. The minimum atomic E-state index is -0.305. The monoisotopic (exact) mass is 349 g/mol. The summed E-state index contributed by atoms with van der Waals surface area (Å²) in [5, 5.41) is 8.90. The van der Waals surface area contributed by atoms with Gasteiger partial charge < -0.3 is 14.6 Å². The molecule has 23 heavy (non-hydrogen) atoms. The molecule has 0 fully saturated rings. The highest BCUT2D eigenvalue weighted by atomic mass is 35.5. The van der Waals surface area contributed by atoms with Crippen molar-refractivity contribution >= 4 is 28.8 Å². The lowest BCUT2D eigenvalue weighted by Gasteiger charge is -2.07. The summed E-state index contributed by atoms with van der Waals surface area (Å²) >= 11 is 7.46. The average molecular weight is 350 g/mol. The SMILES string of the molecule is O=C(COc1ccccc1Cl)NCc1nc(-c2cccs2)no1. The van der Waals surface area contributed by atoms with Crippen molar-refractivity contribution in [1.82, 2.24) is 15.5 Å². The molecule has 0 spiro atoms. The number of halogens is 1. The number of nitrogens with one attached hydrogen (secondary N) is 1. The van der Waals surface area contributed by atoms with Crippen molar-refractivity contribution in [1.29, 1.82) is 0 Å². The molecular weight excluding hydrogens is 338 g/mol. The third-order valence-electron chi connectivity index (χ3n) is 2.84. The van der Waals surface area contributed by atoms with Crippen molar-refractivity contribution in [2.24, 2.45) is 0 Å². The fraction of sp³-hybridized carbons (Fsp3) is 0.133. The van der Waals surface area contributed by atoms with E-state index in [2.05, 4.69) is 15.5 Å². The van der Waals surface area contributed by atoms with Gasteiger partial charge in [0.15, 0.2) is 6.61 Å². The van der Waals surface area contributed by atoms with Gasteiger partial charge in [-0.05, 0) is 23.6 Å². The molecule has 0 aliphatic rings. The Bertz CT molecular complexity index is 789. The smallest absolute Gasteiger partial charge is 0.258 e. The number of aromatic nitrogens is 2. The highest BCUT2D eigenvalue weighted by Gasteiger charge is 2.11. The Morgan fingerprint density at radius 2 is 2.17 bits per heavy atom. The Kier molecular flexibility index (Phi) is 4.89. The molecule has 8 heteroatoms. The van der Waals surface area contributed by atoms with E-state index in [4.69, 9.17) is 20.9 Å². The van der Waals surface area contributed by atoms with Crippen LogP contribution in [0.3, 0.4) is 0 Å². The predicted octanol–water partition coefficient (Wildman–Crippen LogP) is 3.15. The summed E-state index contributed by atoms with van der Waals surface area (Å²) in [5.74, 6) is 0.999. The van der Waals surface area contributed by atoms with E-state index >= 15 is 0 Å². The first kappa shape index (κ1) is 15.5. The zero-order valence-electron chi connectivity index (χ0n) is 11.9. The number of nitrogens with zero attached hydrogens (tertiary/aromatic N) is 2. The van der Waals surface area contributed by atoms with Gasteiger partial charge in [-0.3, -0.25) is 4.79 Å². The molecule has 0 unspecified atom stereocenters. The third kappa shape index (κ3) is 4.08. The molecule has 1 N–H and O–H groups in total. The van der Waals surface area contributed by atoms with E-state index in [9.17, 15) is 4.79 Å². The molecular formula is C15H12ClN3O3S. The summed E-state index contributed by atoms with van der Waals surface area (Å²) in [6.07, 6.45) is 0. The molecule has 0 radical (unpaired) electrons. The van der Waals surface area contributed by atoms with E-state index in [1.807, 2.05) is 17.5 Å². The number of para-hydroxylation sites is 1. The van der Waals surface area contributed by atoms with Gasteiger partial charge in [-0.1, -0.05) is 35.0 Å². The maximum absolute atomic E-state index is 11.8. The van der Waals surface area contributed by atoms with E-state index < -0.39 is 0 Å². The lowest BCUT2D eigenvalue weighted by Crippen LogP contribution is -2.28. The quantitative estimate of drug-likeness (QED) is 0.739. The Hall–Kier alpha value is -2.38. The standard InChI is InChI=1S/C15H12ClN3O3S/c16-10-4-1-2-5-11(10)21-9-13(20)17-8-14-18-15(19-22-14)12-6-3-7-23-12/h1-7H,8-9H2,(H,17,20). The van der Waals surface area contributed by atoms with Crippen LogP contribution in [-0.2, 0) is 11.3 Å². The fourth-order valence-corrected chi connectivity index (χ4v) is 2.60. The molecule has 3 aromatic rings. The van der Waals surface area contributed by atoms with E-state index in [0.717, 1.165) is 4.88 Å². The van der Waals surface area contributed by atoms with Crippen molar-refractivity contribution in [3.8, 4) is 16.5 Å². The number of hydrogen-bond donors (Lipinski definition) is 1. The van der Waals surface area contributed by atoms with Gasteiger partial charge in [-0.2, -0.15) is 4.98 Å². The summed E-state index contributed by atoms with van der Waals surface area (Å²) < 4.78 is 10.4. The summed E-state index contributed by atoms with van der Waals surface area (Å²) in [7, 11) is 0. The molecule has 1 aromatic carbocycles. The molecule has 1 amide bonds. The molecule has 2 heterocycles. The number of ether oxygens (including phenoxy) is 1. The number of amides is 1. The first-order chi connectivity index (χ1) is 11.2. The minimum Gasteiger partial charge on any atom is -0.482 e. The van der Waals surface area contributed by atoms with Crippen molar-refractivity contribution in [2.75, 3.05) is 6.61 Å². The molecule has 0 atom stereocenters. The molecule has 3 rings (SSSR count). The van der Waals surface area contributed by atoms with Crippen LogP contribution in [-0.4, -0.2) is 22.7 Å². The molecule has 118 valence electrons. The maximum Gasteiger partial charge on any atom is 0.258 e. The number of benzene rings is 1. The Morgan fingerprint density at radius 3 is 2.96 bits per heavy atom. The van der Waals surface area contributed by atoms with Gasteiger partial charge in [0, 0.05) is 0 Å². The minimum absolute atomic E-state index is 0.142. The first-order valence-electron chi connectivity index (χ1n) is 6.73. The number of hydrogen-bond acceptors (Lipinski definition) is 6. The predicted molar refractivity (Wildman–Crippen MR) is 86.4 cm³/mol. The zero-order chi connectivity index (χ0) is 16.1. The molecule has 6 nitrogen and oxygen atoms in total. The number of thiophene rings is 1. The van der Waals surface area contributed by atoms with Gasteiger partial charge in [-0.15, -0.1) is 11.3 Å². The molecule has 2 aromatic heterocycles. The second kappa shape index (κ2) is 7.26. The van der Waals surface area contributed by atoms with E-state index in [1.54, 1.807) is 24.3 Å². The Morgan fingerprint density at radius 1 is 1.30 bits per heavy atom. The van der Waals surface area contributed by atoms with Gasteiger partial charge in [0.05, 0.1) is 16.4 Å². The van der Waals surface area contributed by atoms with Gasteiger partial charge in [0.25, 0.3) is 5.91 Å². The third-order valence-corrected chi connectivity index (χ3v) is 4.02. The van der Waals surface area contributed by atoms with Crippen LogP contribution < -0.4 is 10.1 Å². The second-order valence-electron chi connectivity index (χ2n) is 4.48. The second-order valence-corrected chi connectivity index (χ2v) is 5.84. The molecule has 0 bridgehead atoms. The van der Waals surface area contributed by atoms with Crippen LogP contribution in [0.25, 0.3) is 10.7 Å². The van der Waals surface area contributed by atoms with Crippen LogP contribution in [0, 0.1) is 0 Å². The summed E-state index contributed by atoms with van der Waals surface area (Å²) in [6.45, 7) is -0.00125. The molecule has 0 aliphatic carbocycles. The first-order valence-corrected chi connectivity index (χ1v) is 7.98. The van der Waals surface area contributed by atoms with Crippen LogP contribution in [0.15, 0.2) is 46.3 Å². The summed E-state index contributed by atoms with van der Waals surface area (Å²) in [6, 6.07) is 10.8. The highest BCUT2D eigenvalue weighted by Crippen LogP contribution is 2.23. The molecule has 0 saturated carbocycles. The topological polar surface area (TPSA) is 77.2 Å². The van der Waals surface area contributed by atoms with Gasteiger partial charge in [0.1, 0.15) is 5.75 Å². The van der Waals surface area contributed by atoms with E-state index in [1.165, 1.54) is 11.3 Å². The van der Waals surface area contributed by atoms with Crippen molar-refractivity contribution in [3.63, 3.8) is 0 Å². The summed E-state index contributed by atoms with van der Waals surface area (Å²) in [4.78, 5) is 16.9. The Balaban J connectivity index is 1.49. The largest absolute Gasteiger partial charge is 0.482 e. The number of rotatable bonds is 6.